The number of amides is 3. The Balaban J connectivity index is 1.72. The van der Waals surface area contributed by atoms with E-state index in [0.717, 1.165) is 5.01 Å². The molecule has 1 atom stereocenters. The predicted octanol–water partition coefficient (Wildman–Crippen LogP) is 3.01. The summed E-state index contributed by atoms with van der Waals surface area (Å²) in [6, 6.07) is 15.3. The second-order valence-electron chi connectivity index (χ2n) is 5.63. The lowest BCUT2D eigenvalue weighted by atomic mass is 9.92. The van der Waals surface area contributed by atoms with Crippen molar-refractivity contribution in [3.8, 4) is 0 Å². The number of anilines is 1. The molecule has 128 valence electrons. The number of hydrazine groups is 1. The lowest BCUT2D eigenvalue weighted by Gasteiger charge is -2.22. The summed E-state index contributed by atoms with van der Waals surface area (Å²) in [5, 5.41) is 7.17. The monoisotopic (exact) mass is 374 g/mol. The van der Waals surface area contributed by atoms with Crippen LogP contribution in [0, 0.1) is 0 Å². The molecule has 0 bridgehead atoms. The second-order valence-corrected chi connectivity index (χ2v) is 6.48. The fourth-order valence-corrected chi connectivity index (χ4v) is 2.84. The number of benzene rings is 2. The first-order valence-corrected chi connectivity index (χ1v) is 8.24. The highest BCUT2D eigenvalue weighted by molar-refractivity contribution is 7.80. The Morgan fingerprint density at radius 3 is 2.40 bits per heavy atom. The Morgan fingerprint density at radius 2 is 1.76 bits per heavy atom. The first-order valence-electron chi connectivity index (χ1n) is 7.45. The average molecular weight is 375 g/mol. The van der Waals surface area contributed by atoms with Gasteiger partial charge in [0.25, 0.3) is 5.91 Å². The van der Waals surface area contributed by atoms with Gasteiger partial charge in [0.2, 0.25) is 0 Å². The predicted molar refractivity (Wildman–Crippen MR) is 100.0 cm³/mol. The van der Waals surface area contributed by atoms with E-state index in [0.29, 0.717) is 16.3 Å². The van der Waals surface area contributed by atoms with Crippen LogP contribution in [0.25, 0.3) is 0 Å². The highest BCUT2D eigenvalue weighted by atomic mass is 35.5. The fraction of sp³-hybridized carbons (Fsp3) is 0.118. The Hall–Kier alpha value is -2.64. The van der Waals surface area contributed by atoms with Crippen LogP contribution in [-0.4, -0.2) is 22.1 Å². The van der Waals surface area contributed by atoms with Crippen LogP contribution in [-0.2, 0) is 10.3 Å². The molecule has 1 heterocycles. The lowest BCUT2D eigenvalue weighted by Crippen LogP contribution is -2.49. The highest BCUT2D eigenvalue weighted by Crippen LogP contribution is 2.27. The average Bonchev–Trinajstić information content (AvgIpc) is 2.82. The van der Waals surface area contributed by atoms with Gasteiger partial charge in [-0.05, 0) is 49.0 Å². The molecule has 0 radical (unpaired) electrons. The molecule has 0 aromatic heterocycles. The number of thiocarbonyl (C=S) groups is 1. The van der Waals surface area contributed by atoms with Crippen LogP contribution in [0.5, 0.6) is 0 Å². The summed E-state index contributed by atoms with van der Waals surface area (Å²) in [6.07, 6.45) is 0. The molecule has 25 heavy (non-hydrogen) atoms. The number of hydrogen-bond donors (Lipinski definition) is 3. The van der Waals surface area contributed by atoms with Crippen LogP contribution in [0.15, 0.2) is 54.6 Å². The van der Waals surface area contributed by atoms with E-state index in [4.69, 9.17) is 23.8 Å². The molecule has 0 spiro atoms. The number of halogens is 1. The molecule has 1 aliphatic heterocycles. The van der Waals surface area contributed by atoms with Crippen LogP contribution in [0.3, 0.4) is 0 Å². The van der Waals surface area contributed by atoms with Crippen LogP contribution in [0.1, 0.15) is 12.5 Å². The van der Waals surface area contributed by atoms with E-state index in [2.05, 4.69) is 16.1 Å². The molecule has 3 N–H and O–H groups in total. The molecule has 6 nitrogen and oxygen atoms in total. The quantitative estimate of drug-likeness (QED) is 0.569. The van der Waals surface area contributed by atoms with E-state index in [1.54, 1.807) is 43.3 Å². The normalized spacial score (nSPS) is 19.5. The number of urea groups is 1. The maximum absolute atomic E-state index is 12.7. The zero-order chi connectivity index (χ0) is 18.0. The van der Waals surface area contributed by atoms with Crippen LogP contribution in [0.2, 0.25) is 5.02 Å². The maximum atomic E-state index is 12.7. The van der Waals surface area contributed by atoms with E-state index in [-0.39, 0.29) is 5.11 Å². The molecular weight excluding hydrogens is 360 g/mol. The molecule has 1 saturated heterocycles. The third kappa shape index (κ3) is 3.42. The van der Waals surface area contributed by atoms with E-state index < -0.39 is 17.5 Å². The van der Waals surface area contributed by atoms with Gasteiger partial charge in [0.1, 0.15) is 5.54 Å². The molecule has 1 aliphatic rings. The third-order valence-electron chi connectivity index (χ3n) is 3.86. The van der Waals surface area contributed by atoms with Crippen molar-refractivity contribution in [3.63, 3.8) is 0 Å². The first-order chi connectivity index (χ1) is 11.9. The van der Waals surface area contributed by atoms with Gasteiger partial charge in [-0.1, -0.05) is 41.9 Å². The Morgan fingerprint density at radius 1 is 1.12 bits per heavy atom. The number of rotatable bonds is 3. The number of nitrogens with zero attached hydrogens (tertiary/aromatic N) is 1. The van der Waals surface area contributed by atoms with Crippen molar-refractivity contribution in [1.82, 2.24) is 15.8 Å². The number of hydrogen-bond acceptors (Lipinski definition) is 3. The molecule has 0 saturated carbocycles. The number of carbonyl (C=O) groups excluding carboxylic acids is 2. The summed E-state index contributed by atoms with van der Waals surface area (Å²) < 4.78 is 0. The van der Waals surface area contributed by atoms with Gasteiger partial charge in [0.15, 0.2) is 5.11 Å². The largest absolute Gasteiger partial charge is 0.344 e. The SMILES string of the molecule is C[C@@]1(c2ccccc2)NC(=O)N(NC(=S)Nc2ccc(Cl)cc2)C1=O. The topological polar surface area (TPSA) is 73.5 Å². The molecule has 1 fully saturated rings. The minimum atomic E-state index is -1.15. The molecule has 8 heteroatoms. The number of nitrogens with one attached hydrogen (secondary N) is 3. The molecular formula is C17H15ClN4O2S. The highest BCUT2D eigenvalue weighted by Gasteiger charge is 2.49. The smallest absolute Gasteiger partial charge is 0.331 e. The van der Waals surface area contributed by atoms with Crippen molar-refractivity contribution in [2.75, 3.05) is 5.32 Å². The van der Waals surface area contributed by atoms with Gasteiger partial charge in [0.05, 0.1) is 0 Å². The van der Waals surface area contributed by atoms with Gasteiger partial charge in [-0.3, -0.25) is 10.2 Å². The van der Waals surface area contributed by atoms with E-state index >= 15 is 0 Å². The van der Waals surface area contributed by atoms with Gasteiger partial charge in [0, 0.05) is 10.7 Å². The minimum absolute atomic E-state index is 0.114. The lowest BCUT2D eigenvalue weighted by molar-refractivity contribution is -0.132. The van der Waals surface area contributed by atoms with Crippen molar-refractivity contribution in [2.24, 2.45) is 0 Å². The number of carbonyl (C=O) groups is 2. The Bertz CT molecular complexity index is 828. The summed E-state index contributed by atoms with van der Waals surface area (Å²) in [5.74, 6) is -0.441. The van der Waals surface area contributed by atoms with Gasteiger partial charge < -0.3 is 10.6 Å². The third-order valence-corrected chi connectivity index (χ3v) is 4.30. The zero-order valence-electron chi connectivity index (χ0n) is 13.2. The summed E-state index contributed by atoms with van der Waals surface area (Å²) in [7, 11) is 0. The first kappa shape index (κ1) is 17.2. The Kier molecular flexibility index (Phi) is 4.61. The Labute approximate surface area is 155 Å². The van der Waals surface area contributed by atoms with E-state index in [9.17, 15) is 9.59 Å². The molecule has 2 aromatic carbocycles. The van der Waals surface area contributed by atoms with Crippen LogP contribution in [0.4, 0.5) is 10.5 Å². The van der Waals surface area contributed by atoms with Crippen LogP contribution < -0.4 is 16.1 Å². The molecule has 3 amide bonds. The van der Waals surface area contributed by atoms with Crippen molar-refractivity contribution in [2.45, 2.75) is 12.5 Å². The summed E-state index contributed by atoms with van der Waals surface area (Å²) >= 11 is 11.0. The second kappa shape index (κ2) is 6.70. The van der Waals surface area contributed by atoms with E-state index in [1.165, 1.54) is 0 Å². The van der Waals surface area contributed by atoms with Crippen molar-refractivity contribution in [3.05, 3.63) is 65.2 Å². The summed E-state index contributed by atoms with van der Waals surface area (Å²) in [4.78, 5) is 25.0. The molecule has 2 aromatic rings. The van der Waals surface area contributed by atoms with Gasteiger partial charge in [-0.2, -0.15) is 5.01 Å². The summed E-state index contributed by atoms with van der Waals surface area (Å²) in [5.41, 5.74) is 2.84. The van der Waals surface area contributed by atoms with Crippen molar-refractivity contribution >= 4 is 46.6 Å². The van der Waals surface area contributed by atoms with Gasteiger partial charge >= 0.3 is 6.03 Å². The van der Waals surface area contributed by atoms with E-state index in [1.807, 2.05) is 18.2 Å². The standard InChI is InChI=1S/C17H15ClN4O2S/c1-17(11-5-3-2-4-6-11)14(23)22(16(24)20-17)21-15(25)19-13-9-7-12(18)8-10-13/h2-10H,1H3,(H,20,24)(H2,19,21,25)/t17-/m0/s1. The maximum Gasteiger partial charge on any atom is 0.344 e. The molecule has 3 rings (SSSR count). The molecule has 0 unspecified atom stereocenters. The zero-order valence-corrected chi connectivity index (χ0v) is 14.8. The van der Waals surface area contributed by atoms with Gasteiger partial charge in [-0.25, -0.2) is 4.79 Å². The molecule has 0 aliphatic carbocycles. The van der Waals surface area contributed by atoms with Crippen LogP contribution >= 0.6 is 23.8 Å². The van der Waals surface area contributed by atoms with Gasteiger partial charge in [-0.15, -0.1) is 0 Å². The number of imide groups is 1. The van der Waals surface area contributed by atoms with Crippen molar-refractivity contribution in [1.29, 1.82) is 0 Å². The van der Waals surface area contributed by atoms with Crippen molar-refractivity contribution < 1.29 is 9.59 Å². The minimum Gasteiger partial charge on any atom is -0.331 e. The summed E-state index contributed by atoms with van der Waals surface area (Å²) in [6.45, 7) is 1.65. The fourth-order valence-electron chi connectivity index (χ4n) is 2.50.